The number of aliphatic hydroxyl groups excluding tert-OH is 1. The number of rotatable bonds is 16. The molecule has 0 saturated heterocycles. The van der Waals surface area contributed by atoms with Gasteiger partial charge >= 0.3 is 0 Å². The van der Waals surface area contributed by atoms with Crippen molar-refractivity contribution in [2.45, 2.75) is 116 Å². The zero-order valence-corrected chi connectivity index (χ0v) is 14.2. The Morgan fingerprint density at radius 2 is 1.05 bits per heavy atom. The molecule has 1 unspecified atom stereocenters. The van der Waals surface area contributed by atoms with Crippen molar-refractivity contribution in [3.05, 3.63) is 0 Å². The Morgan fingerprint density at radius 3 is 1.43 bits per heavy atom. The highest BCUT2D eigenvalue weighted by atomic mass is 16.5. The van der Waals surface area contributed by atoms with Crippen molar-refractivity contribution in [2.24, 2.45) is 5.73 Å². The summed E-state index contributed by atoms with van der Waals surface area (Å²) < 4.78 is 0. The highest BCUT2D eigenvalue weighted by molar-refractivity contribution is 4.62. The van der Waals surface area contributed by atoms with Crippen LogP contribution in [0.1, 0.15) is 103 Å². The minimum absolute atomic E-state index is 0.0577. The van der Waals surface area contributed by atoms with Gasteiger partial charge in [-0.05, 0) is 6.42 Å². The van der Waals surface area contributed by atoms with Crippen LogP contribution in [-0.4, -0.2) is 22.5 Å². The lowest BCUT2D eigenvalue weighted by Gasteiger charge is -2.12. The molecule has 0 saturated carbocycles. The summed E-state index contributed by atoms with van der Waals surface area (Å²) in [6.45, 7) is 2.27. The fraction of sp³-hybridized carbons (Fsp3) is 1.00. The average Bonchev–Trinajstić information content (AvgIpc) is 2.43. The molecule has 0 fully saturated rings. The maximum Gasteiger partial charge on any atom is 0.152 e. The molecular formula is C18H39NO2. The first-order chi connectivity index (χ1) is 10.2. The van der Waals surface area contributed by atoms with Gasteiger partial charge in [-0.25, -0.2) is 0 Å². The van der Waals surface area contributed by atoms with Crippen molar-refractivity contribution in [1.29, 1.82) is 0 Å². The molecule has 0 heterocycles. The molecule has 0 radical (unpaired) electrons. The lowest BCUT2D eigenvalue weighted by atomic mass is 10.0. The van der Waals surface area contributed by atoms with E-state index in [-0.39, 0.29) is 6.04 Å². The van der Waals surface area contributed by atoms with Crippen LogP contribution in [0, 0.1) is 0 Å². The van der Waals surface area contributed by atoms with Crippen LogP contribution in [0.3, 0.4) is 0 Å². The highest BCUT2D eigenvalue weighted by Gasteiger charge is 2.06. The normalized spacial score (nSPS) is 13.0. The fourth-order valence-corrected chi connectivity index (χ4v) is 2.81. The van der Waals surface area contributed by atoms with Crippen LogP contribution in [0.4, 0.5) is 0 Å². The predicted molar refractivity (Wildman–Crippen MR) is 91.1 cm³/mol. The van der Waals surface area contributed by atoms with Gasteiger partial charge in [0.1, 0.15) is 0 Å². The highest BCUT2D eigenvalue weighted by Crippen LogP contribution is 2.13. The molecule has 0 spiro atoms. The molecule has 1 atom stereocenters. The first-order valence-corrected chi connectivity index (χ1v) is 9.28. The van der Waals surface area contributed by atoms with Crippen LogP contribution in [0.25, 0.3) is 0 Å². The number of hydrogen-bond donors (Lipinski definition) is 3. The Balaban J connectivity index is 3.05. The smallest absolute Gasteiger partial charge is 0.152 e. The van der Waals surface area contributed by atoms with Gasteiger partial charge in [-0.3, -0.25) is 0 Å². The van der Waals surface area contributed by atoms with E-state index in [0.29, 0.717) is 6.42 Å². The Hall–Kier alpha value is -0.120. The van der Waals surface area contributed by atoms with Gasteiger partial charge in [0.15, 0.2) is 6.29 Å². The summed E-state index contributed by atoms with van der Waals surface area (Å²) in [5.74, 6) is 0. The third-order valence-corrected chi connectivity index (χ3v) is 4.19. The zero-order chi connectivity index (χ0) is 15.8. The standard InChI is InChI=1S/C18H39NO2/c1-2-3-4-5-6-7-8-9-10-11-12-13-14-15-17(19)16-18(20)21/h17-18,20-21H,2-16,19H2,1H3. The van der Waals surface area contributed by atoms with E-state index in [0.717, 1.165) is 12.8 Å². The topological polar surface area (TPSA) is 66.5 Å². The molecule has 3 nitrogen and oxygen atoms in total. The van der Waals surface area contributed by atoms with Gasteiger partial charge < -0.3 is 15.9 Å². The summed E-state index contributed by atoms with van der Waals surface area (Å²) in [4.78, 5) is 0. The van der Waals surface area contributed by atoms with E-state index in [2.05, 4.69) is 6.92 Å². The quantitative estimate of drug-likeness (QED) is 0.290. The molecule has 128 valence electrons. The Labute approximate surface area is 132 Å². The van der Waals surface area contributed by atoms with Crippen molar-refractivity contribution < 1.29 is 10.2 Å². The van der Waals surface area contributed by atoms with Crippen LogP contribution in [0.2, 0.25) is 0 Å². The summed E-state index contributed by atoms with van der Waals surface area (Å²) in [5.41, 5.74) is 5.79. The van der Waals surface area contributed by atoms with Crippen molar-refractivity contribution in [3.8, 4) is 0 Å². The number of hydrogen-bond acceptors (Lipinski definition) is 3. The monoisotopic (exact) mass is 301 g/mol. The van der Waals surface area contributed by atoms with E-state index in [1.807, 2.05) is 0 Å². The number of aliphatic hydroxyl groups is 2. The predicted octanol–water partition coefficient (Wildman–Crippen LogP) is 4.50. The summed E-state index contributed by atoms with van der Waals surface area (Å²) in [6, 6.07) is -0.0577. The van der Waals surface area contributed by atoms with Gasteiger partial charge in [0.05, 0.1) is 0 Å². The molecule has 0 bridgehead atoms. The average molecular weight is 302 g/mol. The number of nitrogens with two attached hydrogens (primary N) is 1. The van der Waals surface area contributed by atoms with Gasteiger partial charge in [-0.15, -0.1) is 0 Å². The number of unbranched alkanes of at least 4 members (excludes halogenated alkanes) is 12. The SMILES string of the molecule is CCCCCCCCCCCCCCCC(N)CC(O)O. The van der Waals surface area contributed by atoms with Crippen molar-refractivity contribution in [3.63, 3.8) is 0 Å². The van der Waals surface area contributed by atoms with Crippen LogP contribution < -0.4 is 5.73 Å². The summed E-state index contributed by atoms with van der Waals surface area (Å²) in [6.07, 6.45) is 17.6. The second-order valence-electron chi connectivity index (χ2n) is 6.51. The zero-order valence-electron chi connectivity index (χ0n) is 14.2. The van der Waals surface area contributed by atoms with Crippen LogP contribution in [0.5, 0.6) is 0 Å². The fourth-order valence-electron chi connectivity index (χ4n) is 2.81. The summed E-state index contributed by atoms with van der Waals surface area (Å²) >= 11 is 0. The Kier molecular flexibility index (Phi) is 16.2. The van der Waals surface area contributed by atoms with Gasteiger partial charge in [-0.1, -0.05) is 90.4 Å². The molecule has 3 heteroatoms. The molecule has 0 aromatic carbocycles. The molecule has 0 amide bonds. The third-order valence-electron chi connectivity index (χ3n) is 4.19. The molecular weight excluding hydrogens is 262 g/mol. The molecule has 0 aromatic rings. The van der Waals surface area contributed by atoms with E-state index in [1.165, 1.54) is 77.0 Å². The minimum Gasteiger partial charge on any atom is -0.368 e. The third kappa shape index (κ3) is 17.8. The van der Waals surface area contributed by atoms with Crippen LogP contribution >= 0.6 is 0 Å². The molecule has 0 aliphatic heterocycles. The Bertz CT molecular complexity index is 198. The van der Waals surface area contributed by atoms with Gasteiger partial charge in [0.2, 0.25) is 0 Å². The summed E-state index contributed by atoms with van der Waals surface area (Å²) in [5, 5.41) is 17.6. The van der Waals surface area contributed by atoms with Gasteiger partial charge in [-0.2, -0.15) is 0 Å². The van der Waals surface area contributed by atoms with Gasteiger partial charge in [0, 0.05) is 12.5 Å². The van der Waals surface area contributed by atoms with Crippen molar-refractivity contribution >= 4 is 0 Å². The Morgan fingerprint density at radius 1 is 0.667 bits per heavy atom. The first kappa shape index (κ1) is 20.9. The molecule has 0 aromatic heterocycles. The lowest BCUT2D eigenvalue weighted by Crippen LogP contribution is -2.25. The lowest BCUT2D eigenvalue weighted by molar-refractivity contribution is -0.0497. The molecule has 0 aliphatic rings. The summed E-state index contributed by atoms with van der Waals surface area (Å²) in [7, 11) is 0. The van der Waals surface area contributed by atoms with E-state index in [9.17, 15) is 0 Å². The van der Waals surface area contributed by atoms with Gasteiger partial charge in [0.25, 0.3) is 0 Å². The largest absolute Gasteiger partial charge is 0.368 e. The van der Waals surface area contributed by atoms with E-state index in [4.69, 9.17) is 15.9 Å². The maximum absolute atomic E-state index is 8.80. The maximum atomic E-state index is 8.80. The molecule has 21 heavy (non-hydrogen) atoms. The van der Waals surface area contributed by atoms with E-state index < -0.39 is 6.29 Å². The molecule has 4 N–H and O–H groups in total. The van der Waals surface area contributed by atoms with Crippen molar-refractivity contribution in [2.75, 3.05) is 0 Å². The van der Waals surface area contributed by atoms with Crippen molar-refractivity contribution in [1.82, 2.24) is 0 Å². The minimum atomic E-state index is -1.25. The second kappa shape index (κ2) is 16.3. The first-order valence-electron chi connectivity index (χ1n) is 9.28. The molecule has 0 rings (SSSR count). The van der Waals surface area contributed by atoms with E-state index in [1.54, 1.807) is 0 Å². The van der Waals surface area contributed by atoms with Crippen LogP contribution in [0.15, 0.2) is 0 Å². The van der Waals surface area contributed by atoms with E-state index >= 15 is 0 Å². The molecule has 0 aliphatic carbocycles. The van der Waals surface area contributed by atoms with Crippen LogP contribution in [-0.2, 0) is 0 Å². The second-order valence-corrected chi connectivity index (χ2v) is 6.51.